The summed E-state index contributed by atoms with van der Waals surface area (Å²) in [5.74, 6) is -1.00. The third-order valence-electron chi connectivity index (χ3n) is 6.53. The predicted octanol–water partition coefficient (Wildman–Crippen LogP) is 5.46. The van der Waals surface area contributed by atoms with Gasteiger partial charge in [0.15, 0.2) is 11.6 Å². The van der Waals surface area contributed by atoms with E-state index in [1.807, 2.05) is 60.7 Å². The molecule has 2 aromatic carbocycles. The van der Waals surface area contributed by atoms with Crippen molar-refractivity contribution in [3.05, 3.63) is 113 Å². The minimum absolute atomic E-state index is 0.0194. The molecule has 9 heteroatoms. The summed E-state index contributed by atoms with van der Waals surface area (Å²) in [5.41, 5.74) is 3.43. The highest BCUT2D eigenvalue weighted by atomic mass is 19.1. The molecule has 0 bridgehead atoms. The Morgan fingerprint density at radius 2 is 1.52 bits per heavy atom. The summed E-state index contributed by atoms with van der Waals surface area (Å²) in [5, 5.41) is 0.521. The van der Waals surface area contributed by atoms with Gasteiger partial charge >= 0.3 is 5.97 Å². The average Bonchev–Trinajstić information content (AvgIpc) is 3.41. The van der Waals surface area contributed by atoms with E-state index in [4.69, 9.17) is 4.74 Å². The first-order valence-electron chi connectivity index (χ1n) is 12.7. The summed E-state index contributed by atoms with van der Waals surface area (Å²) in [7, 11) is 4.48. The molecular weight excluding hydrogens is 509 g/mol. The Morgan fingerprint density at radius 1 is 0.900 bits per heavy atom. The summed E-state index contributed by atoms with van der Waals surface area (Å²) in [6, 6.07) is 22.8. The first-order valence-corrected chi connectivity index (χ1v) is 12.7. The molecule has 0 fully saturated rings. The van der Waals surface area contributed by atoms with Gasteiger partial charge in [0.25, 0.3) is 5.91 Å². The van der Waals surface area contributed by atoms with Gasteiger partial charge in [-0.15, -0.1) is 0 Å². The number of hydrogen-bond donors (Lipinski definition) is 1. The summed E-state index contributed by atoms with van der Waals surface area (Å²) in [6.07, 6.45) is 2.82. The third-order valence-corrected chi connectivity index (χ3v) is 6.53. The summed E-state index contributed by atoms with van der Waals surface area (Å²) in [4.78, 5) is 40.6. The van der Waals surface area contributed by atoms with Gasteiger partial charge in [0.2, 0.25) is 0 Å². The maximum absolute atomic E-state index is 15.3. The molecule has 5 aromatic rings. The van der Waals surface area contributed by atoms with Crippen LogP contribution in [0.25, 0.3) is 22.3 Å². The van der Waals surface area contributed by atoms with Crippen LogP contribution in [-0.2, 0) is 17.8 Å². The fourth-order valence-electron chi connectivity index (χ4n) is 4.57. The van der Waals surface area contributed by atoms with Gasteiger partial charge in [-0.05, 0) is 23.3 Å². The van der Waals surface area contributed by atoms with Crippen LogP contribution < -0.4 is 4.90 Å². The van der Waals surface area contributed by atoms with Crippen LogP contribution in [0.4, 0.5) is 10.2 Å². The van der Waals surface area contributed by atoms with Gasteiger partial charge in [0.1, 0.15) is 5.69 Å². The number of aromatic amines is 1. The maximum atomic E-state index is 15.3. The lowest BCUT2D eigenvalue weighted by Gasteiger charge is -2.25. The van der Waals surface area contributed by atoms with E-state index >= 15 is 4.39 Å². The van der Waals surface area contributed by atoms with Crippen LogP contribution in [0.2, 0.25) is 0 Å². The van der Waals surface area contributed by atoms with Crippen molar-refractivity contribution in [3.63, 3.8) is 0 Å². The number of hydrogen-bond acceptors (Lipinski definition) is 6. The number of ether oxygens (including phenoxy) is 1. The van der Waals surface area contributed by atoms with Crippen molar-refractivity contribution >= 4 is 28.6 Å². The molecular formula is C31H28FN5O3. The van der Waals surface area contributed by atoms with Crippen molar-refractivity contribution < 1.29 is 18.7 Å². The molecule has 3 aromatic heterocycles. The highest BCUT2D eigenvalue weighted by molar-refractivity contribution is 6.07. The molecule has 3 heterocycles. The number of rotatable bonds is 8. The minimum atomic E-state index is -0.668. The van der Waals surface area contributed by atoms with Crippen molar-refractivity contribution in [1.29, 1.82) is 0 Å². The van der Waals surface area contributed by atoms with E-state index < -0.39 is 11.8 Å². The largest absolute Gasteiger partial charge is 0.465 e. The molecule has 0 saturated carbocycles. The number of anilines is 1. The van der Waals surface area contributed by atoms with Gasteiger partial charge in [-0.3, -0.25) is 9.78 Å². The lowest BCUT2D eigenvalue weighted by Crippen LogP contribution is -2.24. The molecule has 0 radical (unpaired) electrons. The van der Waals surface area contributed by atoms with E-state index in [9.17, 15) is 9.59 Å². The highest BCUT2D eigenvalue weighted by Gasteiger charge is 2.23. The van der Waals surface area contributed by atoms with Gasteiger partial charge in [-0.2, -0.15) is 0 Å². The number of nitrogens with one attached hydrogen (secondary N) is 1. The first-order chi connectivity index (χ1) is 19.4. The molecule has 1 N–H and O–H groups in total. The first kappa shape index (κ1) is 26.6. The summed E-state index contributed by atoms with van der Waals surface area (Å²) in [6.45, 7) is 1.08. The fraction of sp³-hybridized carbons (Fsp3) is 0.161. The van der Waals surface area contributed by atoms with Gasteiger partial charge in [0, 0.05) is 45.0 Å². The lowest BCUT2D eigenvalue weighted by atomic mass is 10.1. The maximum Gasteiger partial charge on any atom is 0.340 e. The monoisotopic (exact) mass is 537 g/mol. The molecule has 0 aliphatic carbocycles. The molecule has 1 amide bonds. The third kappa shape index (κ3) is 5.40. The van der Waals surface area contributed by atoms with E-state index in [1.54, 1.807) is 20.2 Å². The molecule has 0 atom stereocenters. The molecule has 40 heavy (non-hydrogen) atoms. The molecule has 0 aliphatic rings. The number of aromatic nitrogens is 3. The fourth-order valence-corrected chi connectivity index (χ4v) is 4.57. The molecule has 0 aliphatic heterocycles. The number of fused-ring (bicyclic) bond motifs is 1. The summed E-state index contributed by atoms with van der Waals surface area (Å²) < 4.78 is 20.3. The number of carbonyl (C=O) groups is 2. The second-order valence-electron chi connectivity index (χ2n) is 9.54. The zero-order chi connectivity index (χ0) is 28.2. The van der Waals surface area contributed by atoms with Crippen LogP contribution >= 0.6 is 0 Å². The molecule has 202 valence electrons. The van der Waals surface area contributed by atoms with Crippen molar-refractivity contribution in [2.24, 2.45) is 0 Å². The van der Waals surface area contributed by atoms with Crippen molar-refractivity contribution in [2.45, 2.75) is 13.1 Å². The van der Waals surface area contributed by atoms with Crippen molar-refractivity contribution in [3.8, 4) is 11.4 Å². The van der Waals surface area contributed by atoms with E-state index in [1.165, 1.54) is 24.4 Å². The Bertz CT molecular complexity index is 1630. The van der Waals surface area contributed by atoms with E-state index in [-0.39, 0.29) is 22.7 Å². The van der Waals surface area contributed by atoms with Crippen LogP contribution in [0.1, 0.15) is 31.8 Å². The van der Waals surface area contributed by atoms with E-state index in [2.05, 4.69) is 19.9 Å². The molecule has 0 saturated heterocycles. The van der Waals surface area contributed by atoms with E-state index in [0.717, 1.165) is 17.2 Å². The molecule has 0 spiro atoms. The van der Waals surface area contributed by atoms with Crippen LogP contribution in [-0.4, -0.2) is 52.9 Å². The number of carbonyl (C=O) groups excluding carboxylic acids is 2. The zero-order valence-electron chi connectivity index (χ0n) is 22.4. The van der Waals surface area contributed by atoms with Gasteiger partial charge in [-0.1, -0.05) is 60.7 Å². The number of benzene rings is 2. The quantitative estimate of drug-likeness (QED) is 0.264. The highest BCUT2D eigenvalue weighted by Crippen LogP contribution is 2.34. The number of methoxy groups -OCH3 is 1. The second-order valence-corrected chi connectivity index (χ2v) is 9.54. The Morgan fingerprint density at radius 3 is 2.08 bits per heavy atom. The number of halogens is 1. The number of esters is 1. The van der Waals surface area contributed by atoms with Crippen molar-refractivity contribution in [2.75, 3.05) is 26.1 Å². The Balaban J connectivity index is 1.65. The lowest BCUT2D eigenvalue weighted by molar-refractivity contribution is 0.0602. The van der Waals surface area contributed by atoms with Gasteiger partial charge in [0.05, 0.1) is 29.4 Å². The van der Waals surface area contributed by atoms with Crippen LogP contribution in [0, 0.1) is 5.82 Å². The van der Waals surface area contributed by atoms with Gasteiger partial charge in [-0.25, -0.2) is 14.2 Å². The SMILES string of the molecule is COC(=O)c1cnc(N(Cc2ccccc2)Cc2ccccc2)c2[nH]c(-c3ncc(C(=O)N(C)C)cc3F)cc12. The summed E-state index contributed by atoms with van der Waals surface area (Å²) >= 11 is 0. The molecule has 8 nitrogen and oxygen atoms in total. The Kier molecular flexibility index (Phi) is 7.54. The molecule has 5 rings (SSSR count). The molecule has 0 unspecified atom stereocenters. The number of H-pyrrole nitrogens is 1. The number of pyridine rings is 2. The standard InChI is InChI=1S/C31H28FN5O3/c1-36(2)30(38)22-14-25(32)28(33-16-22)26-15-23-24(31(39)40-3)17-34-29(27(23)35-26)37(18-20-10-6-4-7-11-20)19-21-12-8-5-9-13-21/h4-17,35H,18-19H2,1-3H3. The van der Waals surface area contributed by atoms with Crippen LogP contribution in [0.3, 0.4) is 0 Å². The van der Waals surface area contributed by atoms with Crippen LogP contribution in [0.5, 0.6) is 0 Å². The minimum Gasteiger partial charge on any atom is -0.465 e. The Hall–Kier alpha value is -5.05. The normalized spacial score (nSPS) is 10.9. The Labute approximate surface area is 231 Å². The zero-order valence-corrected chi connectivity index (χ0v) is 22.4. The smallest absolute Gasteiger partial charge is 0.340 e. The number of nitrogens with zero attached hydrogens (tertiary/aromatic N) is 4. The predicted molar refractivity (Wildman–Crippen MR) is 151 cm³/mol. The van der Waals surface area contributed by atoms with Crippen molar-refractivity contribution in [1.82, 2.24) is 19.9 Å². The van der Waals surface area contributed by atoms with Gasteiger partial charge < -0.3 is 19.5 Å². The van der Waals surface area contributed by atoms with Crippen LogP contribution in [0.15, 0.2) is 85.2 Å². The second kappa shape index (κ2) is 11.4. The van der Waals surface area contributed by atoms with E-state index in [0.29, 0.717) is 35.5 Å². The topological polar surface area (TPSA) is 91.4 Å². The number of amides is 1. The average molecular weight is 538 g/mol.